The highest BCUT2D eigenvalue weighted by atomic mass is 19.1. The molecule has 1 aliphatic rings. The van der Waals surface area contributed by atoms with Crippen LogP contribution in [0.25, 0.3) is 0 Å². The van der Waals surface area contributed by atoms with Gasteiger partial charge >= 0.3 is 5.97 Å². The van der Waals surface area contributed by atoms with Gasteiger partial charge in [0.25, 0.3) is 0 Å². The van der Waals surface area contributed by atoms with E-state index in [0.717, 1.165) is 19.3 Å². The van der Waals surface area contributed by atoms with Gasteiger partial charge in [-0.05, 0) is 24.8 Å². The Morgan fingerprint density at radius 1 is 1.47 bits per heavy atom. The molecule has 1 fully saturated rings. The predicted molar refractivity (Wildman–Crippen MR) is 62.1 cm³/mol. The van der Waals surface area contributed by atoms with Crippen molar-refractivity contribution in [3.05, 3.63) is 35.6 Å². The Balaban J connectivity index is 2.53. The average Bonchev–Trinajstić information content (AvgIpc) is 2.23. The van der Waals surface area contributed by atoms with Crippen molar-refractivity contribution < 1.29 is 14.3 Å². The minimum Gasteiger partial charge on any atom is -0.481 e. The fourth-order valence-electron chi connectivity index (χ4n) is 2.60. The molecule has 1 aliphatic carbocycles. The summed E-state index contributed by atoms with van der Waals surface area (Å²) in [5.41, 5.74) is 4.63. The van der Waals surface area contributed by atoms with E-state index in [9.17, 15) is 14.3 Å². The Morgan fingerprint density at radius 3 is 2.53 bits per heavy atom. The molecule has 0 aromatic heterocycles. The summed E-state index contributed by atoms with van der Waals surface area (Å²) >= 11 is 0. The average molecular weight is 237 g/mol. The van der Waals surface area contributed by atoms with Crippen LogP contribution in [0.15, 0.2) is 24.3 Å². The molecule has 2 rings (SSSR count). The second-order valence-electron chi connectivity index (χ2n) is 4.59. The first-order valence-corrected chi connectivity index (χ1v) is 5.81. The summed E-state index contributed by atoms with van der Waals surface area (Å²) in [7, 11) is 0. The van der Waals surface area contributed by atoms with Gasteiger partial charge < -0.3 is 10.8 Å². The minimum atomic E-state index is -1.26. The summed E-state index contributed by atoms with van der Waals surface area (Å²) in [5, 5.41) is 9.49. The summed E-state index contributed by atoms with van der Waals surface area (Å²) in [6.07, 6.45) is 2.60. The zero-order valence-corrected chi connectivity index (χ0v) is 9.53. The number of carbonyl (C=O) groups is 1. The molecule has 1 aromatic carbocycles. The van der Waals surface area contributed by atoms with Crippen molar-refractivity contribution in [3.8, 4) is 0 Å². The van der Waals surface area contributed by atoms with E-state index in [1.165, 1.54) is 12.1 Å². The van der Waals surface area contributed by atoms with Crippen LogP contribution in [0.3, 0.4) is 0 Å². The molecule has 92 valence electrons. The standard InChI is InChI=1S/C13H16FNO2/c14-11-7-2-1-6-10(11)13(8-15,12(16)17)9-4-3-5-9/h1-2,6-7,9H,3-5,8,15H2,(H,16,17). The zero-order valence-electron chi connectivity index (χ0n) is 9.53. The van der Waals surface area contributed by atoms with Crippen LogP contribution in [0.4, 0.5) is 4.39 Å². The van der Waals surface area contributed by atoms with E-state index in [0.29, 0.717) is 0 Å². The lowest BCUT2D eigenvalue weighted by molar-refractivity contribution is -0.147. The number of carboxylic acids is 1. The third-order valence-corrected chi connectivity index (χ3v) is 3.86. The minimum absolute atomic E-state index is 0.0538. The van der Waals surface area contributed by atoms with Gasteiger partial charge in [-0.2, -0.15) is 0 Å². The van der Waals surface area contributed by atoms with Crippen molar-refractivity contribution in [1.29, 1.82) is 0 Å². The SMILES string of the molecule is NCC(C(=O)O)(c1ccccc1F)C1CCC1. The van der Waals surface area contributed by atoms with Crippen LogP contribution in [-0.4, -0.2) is 17.6 Å². The van der Waals surface area contributed by atoms with Gasteiger partial charge in [-0.1, -0.05) is 24.6 Å². The Kier molecular flexibility index (Phi) is 3.15. The first-order chi connectivity index (χ1) is 8.13. The largest absolute Gasteiger partial charge is 0.481 e. The summed E-state index contributed by atoms with van der Waals surface area (Å²) < 4.78 is 13.8. The first-order valence-electron chi connectivity index (χ1n) is 5.81. The molecule has 3 nitrogen and oxygen atoms in total. The van der Waals surface area contributed by atoms with Gasteiger partial charge in [-0.15, -0.1) is 0 Å². The number of rotatable bonds is 4. The highest BCUT2D eigenvalue weighted by Crippen LogP contribution is 2.44. The van der Waals surface area contributed by atoms with E-state index in [1.54, 1.807) is 12.1 Å². The van der Waals surface area contributed by atoms with Crippen LogP contribution < -0.4 is 5.73 Å². The molecule has 4 heteroatoms. The van der Waals surface area contributed by atoms with Crippen LogP contribution in [0, 0.1) is 11.7 Å². The van der Waals surface area contributed by atoms with E-state index in [4.69, 9.17) is 5.73 Å². The van der Waals surface area contributed by atoms with Gasteiger partial charge in [-0.3, -0.25) is 4.79 Å². The summed E-state index contributed by atoms with van der Waals surface area (Å²) in [5.74, 6) is -1.55. The van der Waals surface area contributed by atoms with Crippen LogP contribution in [0.5, 0.6) is 0 Å². The Labute approximate surface area is 99.4 Å². The lowest BCUT2D eigenvalue weighted by atomic mass is 9.61. The topological polar surface area (TPSA) is 63.3 Å². The zero-order chi connectivity index (χ0) is 12.5. The highest BCUT2D eigenvalue weighted by molar-refractivity contribution is 5.82. The number of benzene rings is 1. The molecule has 1 atom stereocenters. The molecule has 0 aliphatic heterocycles. The van der Waals surface area contributed by atoms with Crippen LogP contribution in [-0.2, 0) is 10.2 Å². The van der Waals surface area contributed by atoms with E-state index in [1.807, 2.05) is 0 Å². The third kappa shape index (κ3) is 1.72. The molecular formula is C13H16FNO2. The van der Waals surface area contributed by atoms with Gasteiger partial charge in [0.15, 0.2) is 0 Å². The lowest BCUT2D eigenvalue weighted by Crippen LogP contribution is -2.51. The summed E-state index contributed by atoms with van der Waals surface area (Å²) in [6.45, 7) is -0.0616. The number of hydrogen-bond acceptors (Lipinski definition) is 2. The van der Waals surface area contributed by atoms with E-state index >= 15 is 0 Å². The molecule has 3 N–H and O–H groups in total. The number of carboxylic acid groups (broad SMARTS) is 1. The fourth-order valence-corrected chi connectivity index (χ4v) is 2.60. The smallest absolute Gasteiger partial charge is 0.315 e. The summed E-state index contributed by atoms with van der Waals surface area (Å²) in [4.78, 5) is 11.6. The second kappa shape index (κ2) is 4.45. The molecule has 1 unspecified atom stereocenters. The van der Waals surface area contributed by atoms with Crippen LogP contribution in [0.2, 0.25) is 0 Å². The molecule has 0 amide bonds. The molecular weight excluding hydrogens is 221 g/mol. The van der Waals surface area contributed by atoms with Crippen molar-refractivity contribution in [2.75, 3.05) is 6.54 Å². The molecule has 1 saturated carbocycles. The fraction of sp³-hybridized carbons (Fsp3) is 0.462. The molecule has 1 aromatic rings. The maximum Gasteiger partial charge on any atom is 0.315 e. The predicted octanol–water partition coefficient (Wildman–Crippen LogP) is 1.91. The molecule has 0 radical (unpaired) electrons. The van der Waals surface area contributed by atoms with E-state index < -0.39 is 17.2 Å². The third-order valence-electron chi connectivity index (χ3n) is 3.86. The maximum absolute atomic E-state index is 13.8. The highest BCUT2D eigenvalue weighted by Gasteiger charge is 2.49. The molecule has 0 heterocycles. The van der Waals surface area contributed by atoms with Crippen LogP contribution in [0.1, 0.15) is 24.8 Å². The van der Waals surface area contributed by atoms with E-state index in [-0.39, 0.29) is 18.0 Å². The van der Waals surface area contributed by atoms with Gasteiger partial charge in [0, 0.05) is 12.1 Å². The van der Waals surface area contributed by atoms with Crippen molar-refractivity contribution in [3.63, 3.8) is 0 Å². The van der Waals surface area contributed by atoms with Gasteiger partial charge in [0.2, 0.25) is 0 Å². The Morgan fingerprint density at radius 2 is 2.12 bits per heavy atom. The number of aliphatic carboxylic acids is 1. The van der Waals surface area contributed by atoms with Gasteiger partial charge in [-0.25, -0.2) is 4.39 Å². The second-order valence-corrected chi connectivity index (χ2v) is 4.59. The number of nitrogens with two attached hydrogens (primary N) is 1. The number of hydrogen-bond donors (Lipinski definition) is 2. The van der Waals surface area contributed by atoms with E-state index in [2.05, 4.69) is 0 Å². The quantitative estimate of drug-likeness (QED) is 0.840. The normalized spacial score (nSPS) is 19.4. The van der Waals surface area contributed by atoms with Crippen molar-refractivity contribution in [1.82, 2.24) is 0 Å². The molecule has 0 saturated heterocycles. The van der Waals surface area contributed by atoms with Crippen molar-refractivity contribution >= 4 is 5.97 Å². The maximum atomic E-state index is 13.8. The molecule has 0 spiro atoms. The van der Waals surface area contributed by atoms with Gasteiger partial charge in [0.1, 0.15) is 11.2 Å². The van der Waals surface area contributed by atoms with Gasteiger partial charge in [0.05, 0.1) is 0 Å². The van der Waals surface area contributed by atoms with Crippen LogP contribution >= 0.6 is 0 Å². The Bertz CT molecular complexity index is 431. The molecule has 0 bridgehead atoms. The number of halogens is 1. The monoisotopic (exact) mass is 237 g/mol. The molecule has 17 heavy (non-hydrogen) atoms. The summed E-state index contributed by atoms with van der Waals surface area (Å²) in [6, 6.07) is 6.04. The first kappa shape index (κ1) is 12.0. The Hall–Kier alpha value is -1.42. The lowest BCUT2D eigenvalue weighted by Gasteiger charge is -2.42. The van der Waals surface area contributed by atoms with Crippen molar-refractivity contribution in [2.24, 2.45) is 11.7 Å². The van der Waals surface area contributed by atoms with Crippen molar-refractivity contribution in [2.45, 2.75) is 24.7 Å².